The number of likely N-dealkylation sites (tertiary alicyclic amines) is 1. The SMILES string of the molecule is CN1CCCCCC1C(=O)N1CCCN(C(=O)C2CCC2)CC1. The lowest BCUT2D eigenvalue weighted by atomic mass is 9.84. The van der Waals surface area contributed by atoms with Crippen LogP contribution >= 0.6 is 0 Å². The zero-order chi connectivity index (χ0) is 16.2. The van der Waals surface area contributed by atoms with Crippen molar-refractivity contribution >= 4 is 11.8 Å². The summed E-state index contributed by atoms with van der Waals surface area (Å²) in [6.45, 7) is 4.08. The molecule has 5 nitrogen and oxygen atoms in total. The highest BCUT2D eigenvalue weighted by Gasteiger charge is 2.33. The molecule has 2 saturated heterocycles. The number of hydrogen-bond donors (Lipinski definition) is 0. The fourth-order valence-electron chi connectivity index (χ4n) is 4.05. The van der Waals surface area contributed by atoms with Crippen LogP contribution in [0.15, 0.2) is 0 Å². The van der Waals surface area contributed by atoms with E-state index >= 15 is 0 Å². The first kappa shape index (κ1) is 16.7. The summed E-state index contributed by atoms with van der Waals surface area (Å²) in [5, 5.41) is 0. The van der Waals surface area contributed by atoms with Crippen molar-refractivity contribution in [3.8, 4) is 0 Å². The highest BCUT2D eigenvalue weighted by molar-refractivity contribution is 5.82. The van der Waals surface area contributed by atoms with E-state index in [2.05, 4.69) is 11.9 Å². The standard InChI is InChI=1S/C18H31N3O2/c1-19-10-4-2-3-9-16(19)18(23)21-12-6-11-20(13-14-21)17(22)15-7-5-8-15/h15-16H,2-14H2,1H3. The van der Waals surface area contributed by atoms with Gasteiger partial charge in [-0.2, -0.15) is 0 Å². The Bertz CT molecular complexity index is 436. The molecule has 2 aliphatic heterocycles. The van der Waals surface area contributed by atoms with Crippen LogP contribution in [0.4, 0.5) is 0 Å². The van der Waals surface area contributed by atoms with Gasteiger partial charge in [0.1, 0.15) is 0 Å². The van der Waals surface area contributed by atoms with E-state index in [1.807, 2.05) is 9.80 Å². The van der Waals surface area contributed by atoms with Crippen LogP contribution in [0.3, 0.4) is 0 Å². The fourth-order valence-corrected chi connectivity index (χ4v) is 4.05. The van der Waals surface area contributed by atoms with Crippen LogP contribution in [-0.2, 0) is 9.59 Å². The Morgan fingerprint density at radius 2 is 1.39 bits per heavy atom. The van der Waals surface area contributed by atoms with Gasteiger partial charge in [-0.3, -0.25) is 14.5 Å². The first-order valence-corrected chi connectivity index (χ1v) is 9.44. The first-order valence-electron chi connectivity index (χ1n) is 9.44. The van der Waals surface area contributed by atoms with E-state index in [1.165, 1.54) is 19.3 Å². The van der Waals surface area contributed by atoms with Gasteiger partial charge >= 0.3 is 0 Å². The van der Waals surface area contributed by atoms with Crippen LogP contribution in [0.5, 0.6) is 0 Å². The van der Waals surface area contributed by atoms with Gasteiger partial charge in [0.25, 0.3) is 0 Å². The van der Waals surface area contributed by atoms with E-state index in [1.54, 1.807) is 0 Å². The highest BCUT2D eigenvalue weighted by atomic mass is 16.2. The van der Waals surface area contributed by atoms with Gasteiger partial charge in [-0.25, -0.2) is 0 Å². The van der Waals surface area contributed by atoms with E-state index < -0.39 is 0 Å². The number of hydrogen-bond acceptors (Lipinski definition) is 3. The molecule has 1 aliphatic carbocycles. The minimum Gasteiger partial charge on any atom is -0.341 e. The van der Waals surface area contributed by atoms with E-state index in [9.17, 15) is 9.59 Å². The summed E-state index contributed by atoms with van der Waals surface area (Å²) in [5.74, 6) is 0.884. The topological polar surface area (TPSA) is 43.9 Å². The molecule has 0 aromatic rings. The van der Waals surface area contributed by atoms with Gasteiger partial charge in [-0.1, -0.05) is 19.3 Å². The average molecular weight is 321 g/mol. The number of likely N-dealkylation sites (N-methyl/N-ethyl adjacent to an activating group) is 1. The van der Waals surface area contributed by atoms with Gasteiger partial charge < -0.3 is 9.80 Å². The molecule has 1 saturated carbocycles. The van der Waals surface area contributed by atoms with Crippen LogP contribution in [0.25, 0.3) is 0 Å². The smallest absolute Gasteiger partial charge is 0.239 e. The van der Waals surface area contributed by atoms with Gasteiger partial charge in [0, 0.05) is 32.1 Å². The maximum Gasteiger partial charge on any atom is 0.239 e. The van der Waals surface area contributed by atoms with Crippen molar-refractivity contribution in [2.24, 2.45) is 5.92 Å². The minimum absolute atomic E-state index is 0.0476. The summed E-state index contributed by atoms with van der Waals surface area (Å²) >= 11 is 0. The molecule has 0 aromatic carbocycles. The molecule has 0 spiro atoms. The normalized spacial score (nSPS) is 28.0. The molecule has 0 radical (unpaired) electrons. The Balaban J connectivity index is 1.56. The fraction of sp³-hybridized carbons (Fsp3) is 0.889. The average Bonchev–Trinajstić information content (AvgIpc) is 2.85. The third-order valence-electron chi connectivity index (χ3n) is 5.88. The van der Waals surface area contributed by atoms with Crippen LogP contribution in [0, 0.1) is 5.92 Å². The molecule has 0 bridgehead atoms. The molecule has 0 N–H and O–H groups in total. The zero-order valence-electron chi connectivity index (χ0n) is 14.5. The second-order valence-electron chi connectivity index (χ2n) is 7.48. The van der Waals surface area contributed by atoms with Gasteiger partial charge in [0.2, 0.25) is 11.8 Å². The summed E-state index contributed by atoms with van der Waals surface area (Å²) < 4.78 is 0. The van der Waals surface area contributed by atoms with Gasteiger partial charge in [0.05, 0.1) is 6.04 Å². The third-order valence-corrected chi connectivity index (χ3v) is 5.88. The van der Waals surface area contributed by atoms with Crippen molar-refractivity contribution in [2.75, 3.05) is 39.8 Å². The van der Waals surface area contributed by atoms with Crippen LogP contribution < -0.4 is 0 Å². The van der Waals surface area contributed by atoms with Crippen molar-refractivity contribution in [1.82, 2.24) is 14.7 Å². The van der Waals surface area contributed by atoms with Crippen molar-refractivity contribution in [3.63, 3.8) is 0 Å². The molecule has 2 amide bonds. The number of carbonyl (C=O) groups is 2. The van der Waals surface area contributed by atoms with Crippen LogP contribution in [0.1, 0.15) is 51.4 Å². The molecule has 130 valence electrons. The van der Waals surface area contributed by atoms with Gasteiger partial charge in [-0.15, -0.1) is 0 Å². The number of nitrogens with zero attached hydrogens (tertiary/aromatic N) is 3. The molecule has 3 aliphatic rings. The van der Waals surface area contributed by atoms with Crippen LogP contribution in [0.2, 0.25) is 0 Å². The van der Waals surface area contributed by atoms with E-state index in [0.29, 0.717) is 12.5 Å². The van der Waals surface area contributed by atoms with E-state index in [0.717, 1.165) is 58.3 Å². The predicted molar refractivity (Wildman–Crippen MR) is 90.0 cm³/mol. The molecule has 23 heavy (non-hydrogen) atoms. The molecule has 1 unspecified atom stereocenters. The van der Waals surface area contributed by atoms with Gasteiger partial charge in [0.15, 0.2) is 0 Å². The molecular weight excluding hydrogens is 290 g/mol. The largest absolute Gasteiger partial charge is 0.341 e. The molecule has 5 heteroatoms. The number of carbonyl (C=O) groups excluding carboxylic acids is 2. The molecule has 1 atom stereocenters. The summed E-state index contributed by atoms with van der Waals surface area (Å²) in [4.78, 5) is 31.6. The summed E-state index contributed by atoms with van der Waals surface area (Å²) in [7, 11) is 2.08. The Morgan fingerprint density at radius 3 is 2.04 bits per heavy atom. The minimum atomic E-state index is 0.0476. The van der Waals surface area contributed by atoms with Crippen LogP contribution in [-0.4, -0.2) is 72.3 Å². The van der Waals surface area contributed by atoms with Crippen molar-refractivity contribution in [1.29, 1.82) is 0 Å². The molecular formula is C18H31N3O2. The monoisotopic (exact) mass is 321 g/mol. The maximum absolute atomic E-state index is 12.9. The van der Waals surface area contributed by atoms with Crippen molar-refractivity contribution < 1.29 is 9.59 Å². The highest BCUT2D eigenvalue weighted by Crippen LogP contribution is 2.28. The predicted octanol–water partition coefficient (Wildman–Crippen LogP) is 1.72. The maximum atomic E-state index is 12.9. The Kier molecular flexibility index (Phi) is 5.57. The zero-order valence-corrected chi connectivity index (χ0v) is 14.5. The third kappa shape index (κ3) is 3.87. The quantitative estimate of drug-likeness (QED) is 0.778. The van der Waals surface area contributed by atoms with Crippen molar-refractivity contribution in [3.05, 3.63) is 0 Å². The summed E-state index contributed by atoms with van der Waals surface area (Å²) in [5.41, 5.74) is 0. The van der Waals surface area contributed by atoms with Crippen molar-refractivity contribution in [2.45, 2.75) is 57.4 Å². The molecule has 3 rings (SSSR count). The second-order valence-corrected chi connectivity index (χ2v) is 7.48. The molecule has 3 fully saturated rings. The van der Waals surface area contributed by atoms with E-state index in [-0.39, 0.29) is 17.9 Å². The lowest BCUT2D eigenvalue weighted by Crippen LogP contribution is -2.48. The summed E-state index contributed by atoms with van der Waals surface area (Å²) in [6, 6.07) is 0.0476. The molecule has 0 aromatic heterocycles. The van der Waals surface area contributed by atoms with E-state index in [4.69, 9.17) is 0 Å². The molecule has 2 heterocycles. The second kappa shape index (κ2) is 7.65. The lowest BCUT2D eigenvalue weighted by molar-refractivity contribution is -0.139. The Morgan fingerprint density at radius 1 is 0.696 bits per heavy atom. The van der Waals surface area contributed by atoms with Gasteiger partial charge in [-0.05, 0) is 45.7 Å². The summed E-state index contributed by atoms with van der Waals surface area (Å²) in [6.07, 6.45) is 8.80. The number of amides is 2. The first-order chi connectivity index (χ1) is 11.2. The number of rotatable bonds is 2. The lowest BCUT2D eigenvalue weighted by Gasteiger charge is -2.32. The Hall–Kier alpha value is -1.10. The Labute approximate surface area is 140 Å².